The van der Waals surface area contributed by atoms with Gasteiger partial charge in [-0.2, -0.15) is 0 Å². The minimum atomic E-state index is -0.533. The number of nitrogens with one attached hydrogen (secondary N) is 1. The van der Waals surface area contributed by atoms with Crippen molar-refractivity contribution in [2.45, 2.75) is 11.8 Å². The second-order valence-corrected chi connectivity index (χ2v) is 9.17. The second-order valence-electron chi connectivity index (χ2n) is 6.86. The summed E-state index contributed by atoms with van der Waals surface area (Å²) < 4.78 is 5.47. The van der Waals surface area contributed by atoms with Crippen LogP contribution in [-0.4, -0.2) is 18.4 Å². The Morgan fingerprint density at radius 2 is 1.61 bits per heavy atom. The normalized spacial score (nSPS) is 13.6. The largest absolute Gasteiger partial charge is 0.494 e. The first-order valence-electron chi connectivity index (χ1n) is 9.89. The van der Waals surface area contributed by atoms with E-state index < -0.39 is 11.8 Å². The Morgan fingerprint density at radius 1 is 0.909 bits per heavy atom. The Bertz CT molecular complexity index is 1240. The number of hydrogen-bond acceptors (Lipinski definition) is 5. The van der Waals surface area contributed by atoms with Crippen LogP contribution in [0.3, 0.4) is 0 Å². The molecule has 0 atom stereocenters. The summed E-state index contributed by atoms with van der Waals surface area (Å²) in [6.07, 6.45) is 0. The minimum Gasteiger partial charge on any atom is -0.494 e. The van der Waals surface area contributed by atoms with E-state index in [0.717, 1.165) is 21.6 Å². The fourth-order valence-electron chi connectivity index (χ4n) is 3.16. The fourth-order valence-corrected chi connectivity index (χ4v) is 4.60. The molecule has 0 spiro atoms. The van der Waals surface area contributed by atoms with Crippen LogP contribution in [0.4, 0.5) is 11.4 Å². The maximum absolute atomic E-state index is 13.4. The summed E-state index contributed by atoms with van der Waals surface area (Å²) in [5.74, 6) is -0.332. The molecule has 1 aliphatic heterocycles. The van der Waals surface area contributed by atoms with E-state index in [9.17, 15) is 9.59 Å². The van der Waals surface area contributed by atoms with Gasteiger partial charge in [-0.1, -0.05) is 52.6 Å². The molecule has 1 heterocycles. The average molecular weight is 520 g/mol. The molecule has 0 aliphatic carbocycles. The number of anilines is 2. The van der Waals surface area contributed by atoms with E-state index >= 15 is 0 Å². The summed E-state index contributed by atoms with van der Waals surface area (Å²) in [4.78, 5) is 28.9. The number of benzene rings is 3. The molecule has 5 nitrogen and oxygen atoms in total. The van der Waals surface area contributed by atoms with Gasteiger partial charge in [-0.15, -0.1) is 0 Å². The maximum atomic E-state index is 13.4. The first-order chi connectivity index (χ1) is 15.9. The van der Waals surface area contributed by atoms with Crippen LogP contribution in [0, 0.1) is 0 Å². The molecule has 3 aromatic rings. The Morgan fingerprint density at radius 3 is 2.27 bits per heavy atom. The highest BCUT2D eigenvalue weighted by atomic mass is 35.5. The van der Waals surface area contributed by atoms with Gasteiger partial charge >= 0.3 is 0 Å². The van der Waals surface area contributed by atoms with Crippen molar-refractivity contribution >= 4 is 69.8 Å². The molecule has 0 unspecified atom stereocenters. The Kier molecular flexibility index (Phi) is 7.20. The van der Waals surface area contributed by atoms with Gasteiger partial charge in [0, 0.05) is 15.6 Å². The fraction of sp³-hybridized carbons (Fsp3) is 0.0833. The third-order valence-corrected chi connectivity index (χ3v) is 6.83. The number of halogens is 3. The summed E-state index contributed by atoms with van der Waals surface area (Å²) in [7, 11) is 0. The van der Waals surface area contributed by atoms with Crippen molar-refractivity contribution in [3.05, 3.63) is 92.4 Å². The van der Waals surface area contributed by atoms with Gasteiger partial charge in [0.2, 0.25) is 0 Å². The van der Waals surface area contributed by atoms with Gasteiger partial charge in [0.15, 0.2) is 0 Å². The summed E-state index contributed by atoms with van der Waals surface area (Å²) in [5.41, 5.74) is 0.986. The highest BCUT2D eigenvalue weighted by Crippen LogP contribution is 2.41. The lowest BCUT2D eigenvalue weighted by atomic mass is 10.2. The zero-order valence-electron chi connectivity index (χ0n) is 17.3. The van der Waals surface area contributed by atoms with Crippen LogP contribution >= 0.6 is 46.6 Å². The Balaban J connectivity index is 1.73. The average Bonchev–Trinajstić information content (AvgIpc) is 3.02. The predicted octanol–water partition coefficient (Wildman–Crippen LogP) is 7.03. The lowest BCUT2D eigenvalue weighted by molar-refractivity contribution is -0.120. The molecule has 1 aliphatic rings. The van der Waals surface area contributed by atoms with Crippen LogP contribution < -0.4 is 15.0 Å². The number of amides is 2. The molecule has 1 N–H and O–H groups in total. The van der Waals surface area contributed by atoms with Crippen LogP contribution in [0.15, 0.2) is 82.2 Å². The van der Waals surface area contributed by atoms with Crippen molar-refractivity contribution in [3.8, 4) is 5.75 Å². The molecular formula is C24H17Cl3N2O3S. The number of imide groups is 1. The highest BCUT2D eigenvalue weighted by Gasteiger charge is 2.41. The van der Waals surface area contributed by atoms with Crippen molar-refractivity contribution < 1.29 is 14.3 Å². The SMILES string of the molecule is CCOc1ccc(NC2=C(Sc3ccc(Cl)cc3)C(=O)N(c3cccc(Cl)c3Cl)C2=O)cc1. The van der Waals surface area contributed by atoms with Crippen molar-refractivity contribution in [3.63, 3.8) is 0 Å². The Hall–Kier alpha value is -2.64. The quantitative estimate of drug-likeness (QED) is 0.339. The van der Waals surface area contributed by atoms with Crippen molar-refractivity contribution in [1.82, 2.24) is 0 Å². The topological polar surface area (TPSA) is 58.6 Å². The van der Waals surface area contributed by atoms with Crippen LogP contribution in [0.5, 0.6) is 5.75 Å². The van der Waals surface area contributed by atoms with E-state index in [1.165, 1.54) is 0 Å². The minimum absolute atomic E-state index is 0.124. The highest BCUT2D eigenvalue weighted by molar-refractivity contribution is 8.04. The monoisotopic (exact) mass is 518 g/mol. The predicted molar refractivity (Wildman–Crippen MR) is 135 cm³/mol. The van der Waals surface area contributed by atoms with E-state index in [-0.39, 0.29) is 26.3 Å². The molecule has 0 saturated heterocycles. The molecule has 33 heavy (non-hydrogen) atoms. The van der Waals surface area contributed by atoms with Gasteiger partial charge in [0.1, 0.15) is 16.4 Å². The van der Waals surface area contributed by atoms with Crippen LogP contribution in [0.25, 0.3) is 0 Å². The van der Waals surface area contributed by atoms with Gasteiger partial charge in [-0.3, -0.25) is 9.59 Å². The number of rotatable bonds is 7. The van der Waals surface area contributed by atoms with Gasteiger partial charge in [0.05, 0.1) is 22.3 Å². The maximum Gasteiger partial charge on any atom is 0.283 e. The zero-order chi connectivity index (χ0) is 23.5. The van der Waals surface area contributed by atoms with E-state index in [1.807, 2.05) is 6.92 Å². The summed E-state index contributed by atoms with van der Waals surface area (Å²) in [6, 6.07) is 18.9. The molecule has 4 rings (SSSR count). The standard InChI is InChI=1S/C24H17Cl3N2O3S/c1-2-32-16-10-8-15(9-11-16)28-21-22(33-17-12-6-14(25)7-13-17)24(31)29(23(21)30)19-5-3-4-18(26)20(19)27/h3-13,28H,2H2,1H3. The van der Waals surface area contributed by atoms with E-state index in [1.54, 1.807) is 66.7 Å². The Labute approximate surface area is 210 Å². The molecule has 0 bridgehead atoms. The van der Waals surface area contributed by atoms with Gasteiger partial charge in [-0.25, -0.2) is 4.90 Å². The molecule has 0 saturated carbocycles. The molecule has 0 radical (unpaired) electrons. The van der Waals surface area contributed by atoms with Crippen molar-refractivity contribution in [2.75, 3.05) is 16.8 Å². The molecule has 3 aromatic carbocycles. The number of carbonyl (C=O) groups excluding carboxylic acids is 2. The smallest absolute Gasteiger partial charge is 0.283 e. The second kappa shape index (κ2) is 10.1. The van der Waals surface area contributed by atoms with Gasteiger partial charge < -0.3 is 10.1 Å². The van der Waals surface area contributed by atoms with Crippen LogP contribution in [0.1, 0.15) is 6.92 Å². The summed E-state index contributed by atoms with van der Waals surface area (Å²) >= 11 is 19.6. The number of ether oxygens (including phenoxy) is 1. The lowest BCUT2D eigenvalue weighted by Gasteiger charge is -2.17. The molecule has 2 amide bonds. The zero-order valence-corrected chi connectivity index (χ0v) is 20.4. The molecule has 9 heteroatoms. The van der Waals surface area contributed by atoms with Gasteiger partial charge in [-0.05, 0) is 67.6 Å². The first-order valence-corrected chi connectivity index (χ1v) is 11.8. The van der Waals surface area contributed by atoms with Crippen molar-refractivity contribution in [1.29, 1.82) is 0 Å². The number of nitrogens with zero attached hydrogens (tertiary/aromatic N) is 1. The van der Waals surface area contributed by atoms with E-state index in [2.05, 4.69) is 5.32 Å². The number of thioether (sulfide) groups is 1. The molecule has 0 aromatic heterocycles. The molecule has 168 valence electrons. The third kappa shape index (κ3) is 4.99. The lowest BCUT2D eigenvalue weighted by Crippen LogP contribution is -2.32. The molecular weight excluding hydrogens is 503 g/mol. The van der Waals surface area contributed by atoms with Gasteiger partial charge in [0.25, 0.3) is 11.8 Å². The third-order valence-electron chi connectivity index (χ3n) is 4.68. The molecule has 0 fully saturated rings. The summed E-state index contributed by atoms with van der Waals surface area (Å²) in [5, 5.41) is 4.04. The van der Waals surface area contributed by atoms with Crippen LogP contribution in [0.2, 0.25) is 15.1 Å². The first kappa shape index (κ1) is 23.5. The van der Waals surface area contributed by atoms with E-state index in [4.69, 9.17) is 39.5 Å². The van der Waals surface area contributed by atoms with E-state index in [0.29, 0.717) is 23.1 Å². The number of carbonyl (C=O) groups is 2. The summed E-state index contributed by atoms with van der Waals surface area (Å²) in [6.45, 7) is 2.44. The van der Waals surface area contributed by atoms with Crippen molar-refractivity contribution in [2.24, 2.45) is 0 Å². The number of hydrogen-bond donors (Lipinski definition) is 1. The van der Waals surface area contributed by atoms with Crippen LogP contribution in [-0.2, 0) is 9.59 Å².